The first kappa shape index (κ1) is 23.1. The molecule has 0 atom stereocenters. The van der Waals surface area contributed by atoms with E-state index < -0.39 is 0 Å². The first-order chi connectivity index (χ1) is 14.8. The molecule has 1 aliphatic heterocycles. The van der Waals surface area contributed by atoms with Crippen LogP contribution in [0.5, 0.6) is 11.5 Å². The summed E-state index contributed by atoms with van der Waals surface area (Å²) in [7, 11) is 3.30. The van der Waals surface area contributed by atoms with Gasteiger partial charge in [-0.2, -0.15) is 0 Å². The SMILES string of the molecule is COc1ccc(CN2CCN(CC(=O)Nc3ccc(C(C)(C)C)cc3)CC2)cc1OC. The van der Waals surface area contributed by atoms with Gasteiger partial charge in [0, 0.05) is 38.4 Å². The summed E-state index contributed by atoms with van der Waals surface area (Å²) in [5.41, 5.74) is 3.42. The highest BCUT2D eigenvalue weighted by Gasteiger charge is 2.20. The Kier molecular flexibility index (Phi) is 7.57. The Bertz CT molecular complexity index is 867. The van der Waals surface area contributed by atoms with Crippen LogP contribution in [0, 0.1) is 0 Å². The second kappa shape index (κ2) is 10.2. The Morgan fingerprint density at radius 1 is 0.903 bits per heavy atom. The van der Waals surface area contributed by atoms with E-state index in [1.54, 1.807) is 14.2 Å². The Morgan fingerprint density at radius 3 is 2.10 bits per heavy atom. The largest absolute Gasteiger partial charge is 0.493 e. The van der Waals surface area contributed by atoms with E-state index in [0.29, 0.717) is 6.54 Å². The number of piperazine rings is 1. The molecular formula is C25H35N3O3. The highest BCUT2D eigenvalue weighted by molar-refractivity contribution is 5.92. The lowest BCUT2D eigenvalue weighted by atomic mass is 9.87. The number of nitrogens with zero attached hydrogens (tertiary/aromatic N) is 2. The van der Waals surface area contributed by atoms with Crippen molar-refractivity contribution in [3.63, 3.8) is 0 Å². The average molecular weight is 426 g/mol. The number of carbonyl (C=O) groups excluding carboxylic acids is 1. The van der Waals surface area contributed by atoms with Crippen molar-refractivity contribution in [2.75, 3.05) is 52.3 Å². The quantitative estimate of drug-likeness (QED) is 0.732. The smallest absolute Gasteiger partial charge is 0.238 e. The van der Waals surface area contributed by atoms with E-state index in [1.807, 2.05) is 24.3 Å². The van der Waals surface area contributed by atoms with Crippen LogP contribution in [0.4, 0.5) is 5.69 Å². The number of hydrogen-bond acceptors (Lipinski definition) is 5. The Morgan fingerprint density at radius 2 is 1.52 bits per heavy atom. The van der Waals surface area contributed by atoms with Gasteiger partial charge < -0.3 is 14.8 Å². The van der Waals surface area contributed by atoms with Gasteiger partial charge in [-0.15, -0.1) is 0 Å². The van der Waals surface area contributed by atoms with Crippen molar-refractivity contribution in [3.8, 4) is 11.5 Å². The second-order valence-corrected chi connectivity index (χ2v) is 9.12. The highest BCUT2D eigenvalue weighted by Crippen LogP contribution is 2.28. The lowest BCUT2D eigenvalue weighted by Gasteiger charge is -2.34. The topological polar surface area (TPSA) is 54.0 Å². The summed E-state index contributed by atoms with van der Waals surface area (Å²) in [6.07, 6.45) is 0. The summed E-state index contributed by atoms with van der Waals surface area (Å²) >= 11 is 0. The zero-order valence-corrected chi connectivity index (χ0v) is 19.4. The number of benzene rings is 2. The van der Waals surface area contributed by atoms with Gasteiger partial charge in [-0.1, -0.05) is 39.0 Å². The predicted molar refractivity (Wildman–Crippen MR) is 125 cm³/mol. The van der Waals surface area contributed by atoms with Crippen LogP contribution >= 0.6 is 0 Å². The molecule has 31 heavy (non-hydrogen) atoms. The first-order valence-corrected chi connectivity index (χ1v) is 10.8. The van der Waals surface area contributed by atoms with Gasteiger partial charge in [-0.05, 0) is 40.8 Å². The minimum Gasteiger partial charge on any atom is -0.493 e. The van der Waals surface area contributed by atoms with Crippen LogP contribution in [-0.4, -0.2) is 62.7 Å². The number of methoxy groups -OCH3 is 2. The maximum Gasteiger partial charge on any atom is 0.238 e. The van der Waals surface area contributed by atoms with Crippen molar-refractivity contribution in [2.45, 2.75) is 32.7 Å². The van der Waals surface area contributed by atoms with Crippen LogP contribution in [0.3, 0.4) is 0 Å². The van der Waals surface area contributed by atoms with Crippen molar-refractivity contribution in [3.05, 3.63) is 53.6 Å². The molecule has 0 spiro atoms. The molecule has 0 radical (unpaired) electrons. The Hall–Kier alpha value is -2.57. The van der Waals surface area contributed by atoms with E-state index in [4.69, 9.17) is 9.47 Å². The van der Waals surface area contributed by atoms with Gasteiger partial charge in [-0.25, -0.2) is 0 Å². The summed E-state index contributed by atoms with van der Waals surface area (Å²) in [4.78, 5) is 17.1. The highest BCUT2D eigenvalue weighted by atomic mass is 16.5. The molecule has 1 fully saturated rings. The van der Waals surface area contributed by atoms with E-state index in [2.05, 4.69) is 54.1 Å². The lowest BCUT2D eigenvalue weighted by molar-refractivity contribution is -0.117. The maximum absolute atomic E-state index is 12.5. The molecule has 1 amide bonds. The molecule has 2 aromatic carbocycles. The minimum absolute atomic E-state index is 0.0387. The predicted octanol–water partition coefficient (Wildman–Crippen LogP) is 3.76. The Balaban J connectivity index is 1.45. The van der Waals surface area contributed by atoms with Gasteiger partial charge in [0.15, 0.2) is 11.5 Å². The molecule has 0 aliphatic carbocycles. The second-order valence-electron chi connectivity index (χ2n) is 9.12. The van der Waals surface area contributed by atoms with E-state index >= 15 is 0 Å². The van der Waals surface area contributed by atoms with E-state index in [0.717, 1.165) is 49.9 Å². The molecule has 1 aliphatic rings. The molecule has 168 valence electrons. The van der Waals surface area contributed by atoms with Crippen molar-refractivity contribution in [2.24, 2.45) is 0 Å². The van der Waals surface area contributed by atoms with Gasteiger partial charge >= 0.3 is 0 Å². The molecule has 1 N–H and O–H groups in total. The number of hydrogen-bond donors (Lipinski definition) is 1. The fourth-order valence-corrected chi connectivity index (χ4v) is 3.80. The van der Waals surface area contributed by atoms with E-state index in [9.17, 15) is 4.79 Å². The first-order valence-electron chi connectivity index (χ1n) is 10.8. The fourth-order valence-electron chi connectivity index (χ4n) is 3.80. The molecule has 6 nitrogen and oxygen atoms in total. The normalized spacial score (nSPS) is 15.5. The summed E-state index contributed by atoms with van der Waals surface area (Å²) < 4.78 is 10.7. The number of anilines is 1. The van der Waals surface area contributed by atoms with Crippen LogP contribution in [0.15, 0.2) is 42.5 Å². The molecule has 1 saturated heterocycles. The van der Waals surface area contributed by atoms with Crippen LogP contribution < -0.4 is 14.8 Å². The van der Waals surface area contributed by atoms with Crippen LogP contribution in [0.1, 0.15) is 31.9 Å². The third kappa shape index (κ3) is 6.45. The average Bonchev–Trinajstić information content (AvgIpc) is 2.74. The molecule has 0 bridgehead atoms. The van der Waals surface area contributed by atoms with E-state index in [1.165, 1.54) is 11.1 Å². The number of rotatable bonds is 7. The molecule has 1 heterocycles. The number of nitrogens with one attached hydrogen (secondary N) is 1. The summed E-state index contributed by atoms with van der Waals surface area (Å²) in [6, 6.07) is 14.2. The third-order valence-corrected chi connectivity index (χ3v) is 5.72. The number of carbonyl (C=O) groups is 1. The Labute approximate surface area is 186 Å². The number of ether oxygens (including phenoxy) is 2. The third-order valence-electron chi connectivity index (χ3n) is 5.72. The zero-order valence-electron chi connectivity index (χ0n) is 19.4. The minimum atomic E-state index is 0.0387. The number of amides is 1. The van der Waals surface area contributed by atoms with Gasteiger partial charge in [0.25, 0.3) is 0 Å². The summed E-state index contributed by atoms with van der Waals surface area (Å²) in [5, 5.41) is 3.02. The van der Waals surface area contributed by atoms with Crippen molar-refractivity contribution < 1.29 is 14.3 Å². The zero-order chi connectivity index (χ0) is 22.4. The van der Waals surface area contributed by atoms with Crippen LogP contribution in [0.25, 0.3) is 0 Å². The summed E-state index contributed by atoms with van der Waals surface area (Å²) in [6.45, 7) is 11.5. The van der Waals surface area contributed by atoms with Crippen molar-refractivity contribution >= 4 is 11.6 Å². The van der Waals surface area contributed by atoms with Crippen molar-refractivity contribution in [1.82, 2.24) is 9.80 Å². The molecule has 0 unspecified atom stereocenters. The van der Waals surface area contributed by atoms with Crippen LogP contribution in [-0.2, 0) is 16.8 Å². The molecular weight excluding hydrogens is 390 g/mol. The molecule has 2 aromatic rings. The van der Waals surface area contributed by atoms with Gasteiger partial charge in [0.1, 0.15) is 0 Å². The van der Waals surface area contributed by atoms with Crippen LogP contribution in [0.2, 0.25) is 0 Å². The lowest BCUT2D eigenvalue weighted by Crippen LogP contribution is -2.48. The van der Waals surface area contributed by atoms with Gasteiger partial charge in [-0.3, -0.25) is 14.6 Å². The fraction of sp³-hybridized carbons (Fsp3) is 0.480. The maximum atomic E-state index is 12.5. The monoisotopic (exact) mass is 425 g/mol. The molecule has 0 saturated carbocycles. The molecule has 3 rings (SSSR count). The molecule has 0 aromatic heterocycles. The van der Waals surface area contributed by atoms with Gasteiger partial charge in [0.05, 0.1) is 20.8 Å². The van der Waals surface area contributed by atoms with Crippen molar-refractivity contribution in [1.29, 1.82) is 0 Å². The van der Waals surface area contributed by atoms with E-state index in [-0.39, 0.29) is 11.3 Å². The standard InChI is InChI=1S/C25H35N3O3/c1-25(2,3)20-7-9-21(10-8-20)26-24(29)18-28-14-12-27(13-15-28)17-19-6-11-22(30-4)23(16-19)31-5/h6-11,16H,12-15,17-18H2,1-5H3,(H,26,29). The molecule has 6 heteroatoms. The summed E-state index contributed by atoms with van der Waals surface area (Å²) in [5.74, 6) is 1.54. The van der Waals surface area contributed by atoms with Gasteiger partial charge in [0.2, 0.25) is 5.91 Å².